The Balaban J connectivity index is 2.25. The van der Waals surface area contributed by atoms with E-state index in [0.717, 1.165) is 0 Å². The van der Waals surface area contributed by atoms with Crippen LogP contribution in [0.3, 0.4) is 0 Å². The van der Waals surface area contributed by atoms with E-state index in [9.17, 15) is 18.5 Å². The van der Waals surface area contributed by atoms with Crippen LogP contribution < -0.4 is 14.8 Å². The van der Waals surface area contributed by atoms with Crippen molar-refractivity contribution in [2.24, 2.45) is 0 Å². The zero-order valence-corrected chi connectivity index (χ0v) is 12.5. The van der Waals surface area contributed by atoms with Crippen molar-refractivity contribution in [3.63, 3.8) is 0 Å². The van der Waals surface area contributed by atoms with Gasteiger partial charge in [0.2, 0.25) is 6.79 Å². The fourth-order valence-electron chi connectivity index (χ4n) is 2.00. The molecule has 0 bridgehead atoms. The van der Waals surface area contributed by atoms with Crippen molar-refractivity contribution >= 4 is 21.2 Å². The number of benzene rings is 1. The number of sulfone groups is 1. The van der Waals surface area contributed by atoms with E-state index in [4.69, 9.17) is 9.47 Å². The standard InChI is InChI=1S/C12H16N2O6S/c1-3-21(17,18)6-8(2)13-9-4-11-12(20-7-19-11)5-10(9)14(15)16/h4-5,8,13H,3,6-7H2,1-2H3. The minimum atomic E-state index is -3.17. The number of hydrogen-bond acceptors (Lipinski definition) is 7. The maximum atomic E-state index is 11.6. The Bertz CT molecular complexity index is 658. The molecule has 1 aliphatic heterocycles. The Morgan fingerprint density at radius 3 is 2.57 bits per heavy atom. The Kier molecular flexibility index (Phi) is 4.21. The van der Waals surface area contributed by atoms with Gasteiger partial charge in [-0.2, -0.15) is 0 Å². The fraction of sp³-hybridized carbons (Fsp3) is 0.500. The number of nitrogens with zero attached hydrogens (tertiary/aromatic N) is 1. The summed E-state index contributed by atoms with van der Waals surface area (Å²) < 4.78 is 33.4. The molecule has 0 radical (unpaired) electrons. The first-order valence-electron chi connectivity index (χ1n) is 6.37. The highest BCUT2D eigenvalue weighted by Gasteiger charge is 2.25. The molecule has 1 heterocycles. The van der Waals surface area contributed by atoms with Gasteiger partial charge in [0.05, 0.1) is 16.7 Å². The maximum Gasteiger partial charge on any atom is 0.296 e. The van der Waals surface area contributed by atoms with Gasteiger partial charge in [-0.05, 0) is 6.92 Å². The zero-order valence-electron chi connectivity index (χ0n) is 11.7. The highest BCUT2D eigenvalue weighted by atomic mass is 32.2. The zero-order chi connectivity index (χ0) is 15.6. The van der Waals surface area contributed by atoms with E-state index in [1.165, 1.54) is 12.1 Å². The third kappa shape index (κ3) is 3.54. The van der Waals surface area contributed by atoms with Gasteiger partial charge in [-0.15, -0.1) is 0 Å². The molecule has 0 spiro atoms. The highest BCUT2D eigenvalue weighted by molar-refractivity contribution is 7.91. The molecule has 0 amide bonds. The van der Waals surface area contributed by atoms with Crippen LogP contribution in [0.2, 0.25) is 0 Å². The predicted molar refractivity (Wildman–Crippen MR) is 76.6 cm³/mol. The minimum Gasteiger partial charge on any atom is -0.454 e. The summed E-state index contributed by atoms with van der Waals surface area (Å²) >= 11 is 0. The SMILES string of the molecule is CCS(=O)(=O)CC(C)Nc1cc2c(cc1[N+](=O)[O-])OCO2. The van der Waals surface area contributed by atoms with Gasteiger partial charge in [-0.1, -0.05) is 6.92 Å². The van der Waals surface area contributed by atoms with E-state index in [1.54, 1.807) is 13.8 Å². The Hall–Kier alpha value is -2.03. The summed E-state index contributed by atoms with van der Waals surface area (Å²) in [6.45, 7) is 3.22. The number of nitrogens with one attached hydrogen (secondary N) is 1. The van der Waals surface area contributed by atoms with Crippen LogP contribution in [0, 0.1) is 10.1 Å². The molecule has 2 rings (SSSR count). The van der Waals surface area contributed by atoms with Crippen LogP contribution in [0.25, 0.3) is 0 Å². The van der Waals surface area contributed by atoms with Crippen molar-refractivity contribution in [1.82, 2.24) is 0 Å². The summed E-state index contributed by atoms with van der Waals surface area (Å²) in [5.41, 5.74) is 0.0306. The van der Waals surface area contributed by atoms with Gasteiger partial charge in [0.15, 0.2) is 21.3 Å². The number of nitro groups is 1. The van der Waals surface area contributed by atoms with E-state index in [2.05, 4.69) is 5.32 Å². The topological polar surface area (TPSA) is 108 Å². The molecular weight excluding hydrogens is 300 g/mol. The predicted octanol–water partition coefficient (Wildman–Crippen LogP) is 1.56. The van der Waals surface area contributed by atoms with Gasteiger partial charge in [-0.25, -0.2) is 8.42 Å². The largest absolute Gasteiger partial charge is 0.454 e. The number of ether oxygens (including phenoxy) is 2. The normalized spacial score (nSPS) is 14.8. The maximum absolute atomic E-state index is 11.6. The second-order valence-corrected chi connectivity index (χ2v) is 7.12. The van der Waals surface area contributed by atoms with Crippen LogP contribution in [0.4, 0.5) is 11.4 Å². The number of nitro benzene ring substituents is 1. The van der Waals surface area contributed by atoms with E-state index in [0.29, 0.717) is 11.5 Å². The Morgan fingerprint density at radius 2 is 2.00 bits per heavy atom. The molecule has 1 aromatic rings. The molecule has 0 saturated heterocycles. The van der Waals surface area contributed by atoms with Crippen LogP contribution in [-0.2, 0) is 9.84 Å². The third-order valence-corrected chi connectivity index (χ3v) is 4.92. The first-order chi connectivity index (χ1) is 9.82. The molecule has 8 nitrogen and oxygen atoms in total. The fourth-order valence-corrected chi connectivity index (χ4v) is 3.08. The number of hydrogen-bond donors (Lipinski definition) is 1. The van der Waals surface area contributed by atoms with Crippen molar-refractivity contribution in [3.05, 3.63) is 22.2 Å². The van der Waals surface area contributed by atoms with Crippen molar-refractivity contribution in [2.45, 2.75) is 19.9 Å². The number of fused-ring (bicyclic) bond motifs is 1. The van der Waals surface area contributed by atoms with Crippen molar-refractivity contribution in [2.75, 3.05) is 23.6 Å². The lowest BCUT2D eigenvalue weighted by molar-refractivity contribution is -0.384. The number of anilines is 1. The number of rotatable bonds is 6. The van der Waals surface area contributed by atoms with Gasteiger partial charge >= 0.3 is 0 Å². The molecule has 0 aromatic heterocycles. The highest BCUT2D eigenvalue weighted by Crippen LogP contribution is 2.40. The molecule has 9 heteroatoms. The summed E-state index contributed by atoms with van der Waals surface area (Å²) in [6, 6.07) is 2.26. The first kappa shape index (κ1) is 15.4. The van der Waals surface area contributed by atoms with Gasteiger partial charge in [0.25, 0.3) is 5.69 Å². The Morgan fingerprint density at radius 1 is 1.38 bits per heavy atom. The second-order valence-electron chi connectivity index (χ2n) is 4.72. The van der Waals surface area contributed by atoms with Gasteiger partial charge in [-0.3, -0.25) is 10.1 Å². The molecule has 1 aliphatic rings. The molecule has 1 N–H and O–H groups in total. The van der Waals surface area contributed by atoms with Crippen LogP contribution in [-0.4, -0.2) is 37.7 Å². The lowest BCUT2D eigenvalue weighted by Crippen LogP contribution is -2.27. The average molecular weight is 316 g/mol. The molecule has 1 unspecified atom stereocenters. The summed E-state index contributed by atoms with van der Waals surface area (Å²) in [4.78, 5) is 10.5. The quantitative estimate of drug-likeness (QED) is 0.626. The molecule has 0 fully saturated rings. The monoisotopic (exact) mass is 316 g/mol. The second kappa shape index (κ2) is 5.76. The summed E-state index contributed by atoms with van der Waals surface area (Å²) in [5.74, 6) is 0.631. The minimum absolute atomic E-state index is 0.00963. The molecule has 1 atom stereocenters. The van der Waals surface area contributed by atoms with Gasteiger partial charge in [0, 0.05) is 17.9 Å². The van der Waals surface area contributed by atoms with Gasteiger partial charge < -0.3 is 14.8 Å². The molecule has 1 aromatic carbocycles. The van der Waals surface area contributed by atoms with Crippen LogP contribution in [0.1, 0.15) is 13.8 Å². The molecule has 0 saturated carbocycles. The molecule has 21 heavy (non-hydrogen) atoms. The van der Waals surface area contributed by atoms with E-state index < -0.39 is 20.8 Å². The summed E-state index contributed by atoms with van der Waals surface area (Å²) in [6.07, 6.45) is 0. The molecule has 0 aliphatic carbocycles. The molecule has 116 valence electrons. The first-order valence-corrected chi connectivity index (χ1v) is 8.19. The van der Waals surface area contributed by atoms with Gasteiger partial charge in [0.1, 0.15) is 5.69 Å². The van der Waals surface area contributed by atoms with E-state index in [-0.39, 0.29) is 29.7 Å². The van der Waals surface area contributed by atoms with E-state index >= 15 is 0 Å². The summed E-state index contributed by atoms with van der Waals surface area (Å²) in [5, 5.41) is 14.0. The smallest absolute Gasteiger partial charge is 0.296 e. The van der Waals surface area contributed by atoms with Crippen molar-refractivity contribution < 1.29 is 22.8 Å². The van der Waals surface area contributed by atoms with E-state index in [1.807, 2.05) is 0 Å². The lowest BCUT2D eigenvalue weighted by Gasteiger charge is -2.15. The summed E-state index contributed by atoms with van der Waals surface area (Å²) in [7, 11) is -3.17. The average Bonchev–Trinajstić information content (AvgIpc) is 2.84. The van der Waals surface area contributed by atoms with Crippen LogP contribution in [0.15, 0.2) is 12.1 Å². The van der Waals surface area contributed by atoms with Crippen molar-refractivity contribution in [3.8, 4) is 11.5 Å². The van der Waals surface area contributed by atoms with Crippen LogP contribution in [0.5, 0.6) is 11.5 Å². The van der Waals surface area contributed by atoms with Crippen LogP contribution >= 0.6 is 0 Å². The lowest BCUT2D eigenvalue weighted by atomic mass is 10.2. The Labute approximate surface area is 122 Å². The van der Waals surface area contributed by atoms with Crippen molar-refractivity contribution in [1.29, 1.82) is 0 Å². The third-order valence-electron chi connectivity index (χ3n) is 3.03. The molecular formula is C12H16N2O6S.